The summed E-state index contributed by atoms with van der Waals surface area (Å²) in [7, 11) is 0. The van der Waals surface area contributed by atoms with Gasteiger partial charge in [0.25, 0.3) is 0 Å². The molecule has 0 spiro atoms. The fourth-order valence-corrected chi connectivity index (χ4v) is 4.70. The Morgan fingerprint density at radius 2 is 1.77 bits per heavy atom. The van der Waals surface area contributed by atoms with Crippen molar-refractivity contribution < 1.29 is 9.13 Å². The molecule has 2 saturated heterocycles. The van der Waals surface area contributed by atoms with Gasteiger partial charge in [-0.2, -0.15) is 4.98 Å². The van der Waals surface area contributed by atoms with E-state index in [1.165, 1.54) is 17.8 Å². The Balaban J connectivity index is 1.55. The molecule has 0 aliphatic carbocycles. The Labute approximate surface area is 184 Å². The number of aromatic nitrogens is 4. The van der Waals surface area contributed by atoms with Crippen molar-refractivity contribution >= 4 is 34.6 Å². The Kier molecular flexibility index (Phi) is 6.10. The number of piperazine rings is 1. The summed E-state index contributed by atoms with van der Waals surface area (Å²) in [5.74, 6) is 1.77. The molecule has 2 aliphatic rings. The highest BCUT2D eigenvalue weighted by Gasteiger charge is 2.23. The van der Waals surface area contributed by atoms with Crippen molar-refractivity contribution in [2.75, 3.05) is 62.3 Å². The number of benzene rings is 1. The van der Waals surface area contributed by atoms with E-state index in [1.807, 2.05) is 6.07 Å². The van der Waals surface area contributed by atoms with Gasteiger partial charge in [0.15, 0.2) is 5.82 Å². The highest BCUT2D eigenvalue weighted by Crippen LogP contribution is 2.32. The van der Waals surface area contributed by atoms with E-state index >= 15 is 0 Å². The Morgan fingerprint density at radius 1 is 0.968 bits per heavy atom. The summed E-state index contributed by atoms with van der Waals surface area (Å²) in [6.07, 6.45) is 1.55. The maximum Gasteiger partial charge on any atom is 0.228 e. The second kappa shape index (κ2) is 9.29. The summed E-state index contributed by atoms with van der Waals surface area (Å²) in [5.41, 5.74) is 2.09. The summed E-state index contributed by atoms with van der Waals surface area (Å²) in [6.45, 7) is 6.33. The number of nitrogens with zero attached hydrogens (tertiary/aromatic N) is 6. The molecular weight excluding hydrogens is 417 g/mol. The second-order valence-electron chi connectivity index (χ2n) is 7.44. The fraction of sp³-hybridized carbons (Fsp3) is 0.429. The van der Waals surface area contributed by atoms with E-state index in [9.17, 15) is 4.39 Å². The zero-order valence-electron chi connectivity index (χ0n) is 17.1. The van der Waals surface area contributed by atoms with Gasteiger partial charge in [-0.1, -0.05) is 30.0 Å². The maximum atomic E-state index is 14.1. The first kappa shape index (κ1) is 20.3. The van der Waals surface area contributed by atoms with Gasteiger partial charge in [-0.15, -0.1) is 0 Å². The molecule has 8 nitrogen and oxygen atoms in total. The molecule has 1 aromatic carbocycles. The van der Waals surface area contributed by atoms with Gasteiger partial charge < -0.3 is 19.9 Å². The van der Waals surface area contributed by atoms with Crippen LogP contribution in [0, 0.1) is 5.82 Å². The summed E-state index contributed by atoms with van der Waals surface area (Å²) < 4.78 is 19.6. The third-order valence-electron chi connectivity index (χ3n) is 5.45. The summed E-state index contributed by atoms with van der Waals surface area (Å²) in [5, 5.41) is 4.10. The van der Waals surface area contributed by atoms with Crippen molar-refractivity contribution in [3.8, 4) is 0 Å². The predicted octanol–water partition coefficient (Wildman–Crippen LogP) is 2.10. The summed E-state index contributed by atoms with van der Waals surface area (Å²) in [6, 6.07) is 6.82. The molecule has 0 saturated carbocycles. The first-order chi connectivity index (χ1) is 15.3. The molecule has 2 aromatic heterocycles. The van der Waals surface area contributed by atoms with Crippen LogP contribution in [0.25, 0.3) is 11.0 Å². The summed E-state index contributed by atoms with van der Waals surface area (Å²) in [4.78, 5) is 23.2. The van der Waals surface area contributed by atoms with Crippen LogP contribution in [0.1, 0.15) is 5.56 Å². The number of hydrogen-bond donors (Lipinski definition) is 1. The van der Waals surface area contributed by atoms with Crippen molar-refractivity contribution in [2.45, 2.75) is 10.8 Å². The van der Waals surface area contributed by atoms with Crippen LogP contribution in [0.3, 0.4) is 0 Å². The molecule has 10 heteroatoms. The largest absolute Gasteiger partial charge is 0.378 e. The van der Waals surface area contributed by atoms with E-state index < -0.39 is 0 Å². The molecule has 2 fully saturated rings. The molecule has 2 aliphatic heterocycles. The number of morpholine rings is 1. The van der Waals surface area contributed by atoms with Crippen LogP contribution in [-0.4, -0.2) is 72.4 Å². The van der Waals surface area contributed by atoms with Gasteiger partial charge in [-0.3, -0.25) is 0 Å². The number of thioether (sulfide) groups is 1. The van der Waals surface area contributed by atoms with Gasteiger partial charge in [0.2, 0.25) is 5.95 Å². The van der Waals surface area contributed by atoms with E-state index in [1.54, 1.807) is 18.5 Å². The Morgan fingerprint density at radius 3 is 2.58 bits per heavy atom. The zero-order valence-corrected chi connectivity index (χ0v) is 17.9. The average molecular weight is 442 g/mol. The van der Waals surface area contributed by atoms with E-state index in [0.29, 0.717) is 36.0 Å². The molecule has 0 bridgehead atoms. The topological polar surface area (TPSA) is 79.3 Å². The normalized spacial score (nSPS) is 17.3. The maximum absolute atomic E-state index is 14.1. The van der Waals surface area contributed by atoms with Crippen LogP contribution in [0.5, 0.6) is 0 Å². The Bertz CT molecular complexity index is 1060. The SMILES string of the molecule is Fc1ccccc1CSc1ncnc2c(N3CCOCC3)nc(N3CCNCC3)nc12. The molecule has 4 heterocycles. The minimum atomic E-state index is -0.210. The van der Waals surface area contributed by atoms with E-state index in [-0.39, 0.29) is 5.82 Å². The van der Waals surface area contributed by atoms with Crippen LogP contribution in [0.15, 0.2) is 35.6 Å². The molecule has 0 atom stereocenters. The highest BCUT2D eigenvalue weighted by atomic mass is 32.2. The number of rotatable bonds is 5. The van der Waals surface area contributed by atoms with Crippen molar-refractivity contribution in [1.82, 2.24) is 25.3 Å². The lowest BCUT2D eigenvalue weighted by Gasteiger charge is -2.31. The quantitative estimate of drug-likeness (QED) is 0.473. The molecule has 162 valence electrons. The van der Waals surface area contributed by atoms with E-state index in [0.717, 1.165) is 55.6 Å². The zero-order chi connectivity index (χ0) is 21.0. The van der Waals surface area contributed by atoms with Gasteiger partial charge in [0, 0.05) is 45.0 Å². The fourth-order valence-electron chi connectivity index (χ4n) is 3.77. The highest BCUT2D eigenvalue weighted by molar-refractivity contribution is 7.98. The number of anilines is 2. The van der Waals surface area contributed by atoms with Crippen LogP contribution in [0.2, 0.25) is 0 Å². The van der Waals surface area contributed by atoms with Crippen molar-refractivity contribution in [3.05, 3.63) is 42.0 Å². The van der Waals surface area contributed by atoms with Crippen molar-refractivity contribution in [1.29, 1.82) is 0 Å². The minimum Gasteiger partial charge on any atom is -0.378 e. The third-order valence-corrected chi connectivity index (χ3v) is 6.48. The molecule has 3 aromatic rings. The first-order valence-corrected chi connectivity index (χ1v) is 11.5. The molecular formula is C21H24FN7OS. The number of nitrogens with one attached hydrogen (secondary N) is 1. The molecule has 0 unspecified atom stereocenters. The van der Waals surface area contributed by atoms with Crippen molar-refractivity contribution in [3.63, 3.8) is 0 Å². The first-order valence-electron chi connectivity index (χ1n) is 10.5. The molecule has 5 rings (SSSR count). The van der Waals surface area contributed by atoms with E-state index in [2.05, 4.69) is 25.1 Å². The van der Waals surface area contributed by atoms with Gasteiger partial charge >= 0.3 is 0 Å². The van der Waals surface area contributed by atoms with Crippen molar-refractivity contribution in [2.24, 2.45) is 0 Å². The van der Waals surface area contributed by atoms with Crippen LogP contribution >= 0.6 is 11.8 Å². The lowest BCUT2D eigenvalue weighted by atomic mass is 10.2. The standard InChI is InChI=1S/C21H24FN7OS/c22-16-4-2-1-3-15(16)13-31-20-18-17(24-14-25-20)19(28-9-11-30-12-10-28)27-21(26-18)29-7-5-23-6-8-29/h1-4,14,23H,5-13H2. The Hall–Kier alpha value is -2.56. The van der Waals surface area contributed by atoms with Gasteiger partial charge in [0.1, 0.15) is 28.2 Å². The predicted molar refractivity (Wildman–Crippen MR) is 119 cm³/mol. The summed E-state index contributed by atoms with van der Waals surface area (Å²) >= 11 is 1.47. The average Bonchev–Trinajstić information content (AvgIpc) is 2.84. The minimum absolute atomic E-state index is 0.210. The second-order valence-corrected chi connectivity index (χ2v) is 8.40. The molecule has 1 N–H and O–H groups in total. The third kappa shape index (κ3) is 4.41. The number of halogens is 1. The monoisotopic (exact) mass is 441 g/mol. The van der Waals surface area contributed by atoms with E-state index in [4.69, 9.17) is 14.7 Å². The van der Waals surface area contributed by atoms with Gasteiger partial charge in [-0.25, -0.2) is 19.3 Å². The lowest BCUT2D eigenvalue weighted by molar-refractivity contribution is 0.122. The van der Waals surface area contributed by atoms with Gasteiger partial charge in [0.05, 0.1) is 13.2 Å². The molecule has 0 amide bonds. The van der Waals surface area contributed by atoms with Crippen LogP contribution in [0.4, 0.5) is 16.2 Å². The molecule has 31 heavy (non-hydrogen) atoms. The molecule has 0 radical (unpaired) electrons. The van der Waals surface area contributed by atoms with Gasteiger partial charge in [-0.05, 0) is 11.6 Å². The van der Waals surface area contributed by atoms with Crippen LogP contribution < -0.4 is 15.1 Å². The number of fused-ring (bicyclic) bond motifs is 1. The number of hydrogen-bond acceptors (Lipinski definition) is 9. The smallest absolute Gasteiger partial charge is 0.228 e. The number of ether oxygens (including phenoxy) is 1. The van der Waals surface area contributed by atoms with Crippen LogP contribution in [-0.2, 0) is 10.5 Å². The lowest BCUT2D eigenvalue weighted by Crippen LogP contribution is -2.44.